The van der Waals surface area contributed by atoms with Gasteiger partial charge in [-0.1, -0.05) is 43.0 Å². The van der Waals surface area contributed by atoms with Crippen LogP contribution in [0.5, 0.6) is 0 Å². The maximum absolute atomic E-state index is 13.8. The highest BCUT2D eigenvalue weighted by Gasteiger charge is 2.53. The van der Waals surface area contributed by atoms with Crippen molar-refractivity contribution < 1.29 is 12.9 Å². The number of hydrogen-bond donors (Lipinski definition) is 1. The molecule has 1 heterocycles. The number of rotatable bonds is 4. The van der Waals surface area contributed by atoms with Gasteiger partial charge in [-0.15, -0.1) is 12.4 Å². The van der Waals surface area contributed by atoms with Crippen LogP contribution in [0.4, 0.5) is 0 Å². The van der Waals surface area contributed by atoms with Crippen LogP contribution in [0.1, 0.15) is 74.2 Å². The van der Waals surface area contributed by atoms with Crippen LogP contribution >= 0.6 is 12.4 Å². The zero-order valence-corrected chi connectivity index (χ0v) is 18.0. The normalized spacial score (nSPS) is 20.8. The van der Waals surface area contributed by atoms with Crippen molar-refractivity contribution in [2.24, 2.45) is 5.73 Å². The largest absolute Gasteiger partial charge is 0.338 e. The minimum atomic E-state index is -3.67. The van der Waals surface area contributed by atoms with E-state index in [0.29, 0.717) is 23.6 Å². The van der Waals surface area contributed by atoms with Gasteiger partial charge in [0, 0.05) is 0 Å². The van der Waals surface area contributed by atoms with E-state index >= 15 is 0 Å². The van der Waals surface area contributed by atoms with E-state index in [0.717, 1.165) is 49.7 Å². The van der Waals surface area contributed by atoms with Gasteiger partial charge >= 0.3 is 0 Å². The summed E-state index contributed by atoms with van der Waals surface area (Å²) in [5.41, 5.74) is 7.54. The fourth-order valence-electron chi connectivity index (χ4n) is 4.59. The molecule has 1 aromatic heterocycles. The lowest BCUT2D eigenvalue weighted by molar-refractivity contribution is 0.317. The fourth-order valence-corrected chi connectivity index (χ4v) is 6.98. The molecule has 2 aromatic rings. The van der Waals surface area contributed by atoms with E-state index < -0.39 is 20.1 Å². The third kappa shape index (κ3) is 3.17. The smallest absolute Gasteiger partial charge is 0.248 e. The third-order valence-electron chi connectivity index (χ3n) is 6.32. The Bertz CT molecular complexity index is 959. The van der Waals surface area contributed by atoms with Gasteiger partial charge in [-0.05, 0) is 56.7 Å². The first-order valence-corrected chi connectivity index (χ1v) is 11.2. The Balaban J connectivity index is 0.00000225. The summed E-state index contributed by atoms with van der Waals surface area (Å²) in [6, 6.07) is 5.54. The van der Waals surface area contributed by atoms with Gasteiger partial charge in [0.1, 0.15) is 0 Å². The topological polar surface area (TPSA) is 99.1 Å². The number of aromatic nitrogens is 2. The zero-order valence-electron chi connectivity index (χ0n) is 16.4. The van der Waals surface area contributed by atoms with Crippen LogP contribution in [0.3, 0.4) is 0 Å². The van der Waals surface area contributed by atoms with Crippen LogP contribution in [0.25, 0.3) is 0 Å². The van der Waals surface area contributed by atoms with Gasteiger partial charge in [0.2, 0.25) is 5.89 Å². The van der Waals surface area contributed by atoms with Crippen LogP contribution in [-0.2, 0) is 20.1 Å². The summed E-state index contributed by atoms with van der Waals surface area (Å²) in [5, 5.41) is 4.13. The molecule has 2 saturated carbocycles. The Hall–Kier alpha value is -1.44. The number of nitrogens with zero attached hydrogens (tertiary/aromatic N) is 2. The van der Waals surface area contributed by atoms with Crippen molar-refractivity contribution in [1.29, 1.82) is 0 Å². The second-order valence-corrected chi connectivity index (χ2v) is 10.5. The summed E-state index contributed by atoms with van der Waals surface area (Å²) in [5.74, 6) is 0.671. The summed E-state index contributed by atoms with van der Waals surface area (Å²) in [4.78, 5) is 4.95. The predicted octanol–water partition coefficient (Wildman–Crippen LogP) is 4.08. The second-order valence-electron chi connectivity index (χ2n) is 8.26. The summed E-state index contributed by atoms with van der Waals surface area (Å²) in [6.07, 6.45) is 6.35. The lowest BCUT2D eigenvalue weighted by Crippen LogP contribution is -2.36. The monoisotopic (exact) mass is 425 g/mol. The van der Waals surface area contributed by atoms with Crippen molar-refractivity contribution in [1.82, 2.24) is 10.1 Å². The van der Waals surface area contributed by atoms with E-state index in [9.17, 15) is 8.42 Å². The van der Waals surface area contributed by atoms with Crippen molar-refractivity contribution in [3.05, 3.63) is 41.0 Å². The van der Waals surface area contributed by atoms with Crippen LogP contribution in [0, 0.1) is 13.8 Å². The molecule has 0 bridgehead atoms. The molecular weight excluding hydrogens is 398 g/mol. The van der Waals surface area contributed by atoms with E-state index in [4.69, 9.17) is 10.3 Å². The molecule has 4 rings (SSSR count). The highest BCUT2D eigenvalue weighted by molar-refractivity contribution is 7.92. The molecule has 0 unspecified atom stereocenters. The summed E-state index contributed by atoms with van der Waals surface area (Å²) < 4.78 is 32.0. The Morgan fingerprint density at radius 1 is 1.04 bits per heavy atom. The molecule has 2 aliphatic rings. The van der Waals surface area contributed by atoms with Gasteiger partial charge < -0.3 is 10.3 Å². The first-order valence-electron chi connectivity index (χ1n) is 9.74. The molecule has 0 atom stereocenters. The third-order valence-corrected chi connectivity index (χ3v) is 8.95. The van der Waals surface area contributed by atoms with Crippen molar-refractivity contribution in [3.8, 4) is 0 Å². The van der Waals surface area contributed by atoms with Gasteiger partial charge in [-0.2, -0.15) is 4.98 Å². The minimum Gasteiger partial charge on any atom is -0.338 e. The molecule has 0 aliphatic heterocycles. The average Bonchev–Trinajstić information content (AvgIpc) is 3.36. The maximum atomic E-state index is 13.8. The molecule has 0 spiro atoms. The lowest BCUT2D eigenvalue weighted by atomic mass is 9.98. The Morgan fingerprint density at radius 3 is 2.29 bits per heavy atom. The predicted molar refractivity (Wildman–Crippen MR) is 109 cm³/mol. The number of sulfone groups is 1. The van der Waals surface area contributed by atoms with Crippen LogP contribution in [0.15, 0.2) is 27.6 Å². The number of halogens is 1. The molecule has 0 saturated heterocycles. The maximum Gasteiger partial charge on any atom is 0.248 e. The first kappa shape index (κ1) is 21.3. The molecule has 154 valence electrons. The number of aryl methyl sites for hydroxylation is 2. The number of nitrogens with two attached hydrogens (primary N) is 1. The zero-order chi connectivity index (χ0) is 19.3. The van der Waals surface area contributed by atoms with Gasteiger partial charge in [-0.3, -0.25) is 0 Å². The van der Waals surface area contributed by atoms with Gasteiger partial charge in [-0.25, -0.2) is 8.42 Å². The van der Waals surface area contributed by atoms with Gasteiger partial charge in [0.15, 0.2) is 20.4 Å². The minimum absolute atomic E-state index is 0. The van der Waals surface area contributed by atoms with Crippen molar-refractivity contribution in [2.45, 2.75) is 80.4 Å². The molecule has 28 heavy (non-hydrogen) atoms. The quantitative estimate of drug-likeness (QED) is 0.792. The van der Waals surface area contributed by atoms with Crippen molar-refractivity contribution >= 4 is 22.2 Å². The molecule has 6 nitrogen and oxygen atoms in total. The number of benzene rings is 1. The highest BCUT2D eigenvalue weighted by Crippen LogP contribution is 2.49. The Labute approximate surface area is 172 Å². The summed E-state index contributed by atoms with van der Waals surface area (Å²) in [7, 11) is -3.67. The first-order chi connectivity index (χ1) is 12.8. The lowest BCUT2D eigenvalue weighted by Gasteiger charge is -2.26. The van der Waals surface area contributed by atoms with Crippen LogP contribution in [-0.4, -0.2) is 18.6 Å². The average molecular weight is 426 g/mol. The Morgan fingerprint density at radius 2 is 1.64 bits per heavy atom. The highest BCUT2D eigenvalue weighted by atomic mass is 35.5. The molecule has 1 aromatic carbocycles. The molecule has 8 heteroatoms. The second kappa shape index (κ2) is 7.43. The SMILES string of the molecule is Cc1ccc(C)c(S(=O)(=O)C2(c3nc(C4(N)CCCC4)no3)CCCC2)c1.Cl. The van der Waals surface area contributed by atoms with E-state index in [1.165, 1.54) is 0 Å². The van der Waals surface area contributed by atoms with E-state index in [-0.39, 0.29) is 18.3 Å². The number of hydrogen-bond acceptors (Lipinski definition) is 6. The summed E-state index contributed by atoms with van der Waals surface area (Å²) >= 11 is 0. The van der Waals surface area contributed by atoms with E-state index in [2.05, 4.69) is 10.1 Å². The standard InChI is InChI=1S/C20H27N3O3S.ClH/c1-14-7-8-15(2)16(13-14)27(24,25)20(11-5-6-12-20)18-22-17(23-26-18)19(21)9-3-4-10-19;/h7-8,13H,3-6,9-12,21H2,1-2H3;1H. The summed E-state index contributed by atoms with van der Waals surface area (Å²) in [6.45, 7) is 3.74. The van der Waals surface area contributed by atoms with E-state index in [1.807, 2.05) is 26.0 Å². The van der Waals surface area contributed by atoms with Crippen LogP contribution in [0.2, 0.25) is 0 Å². The molecule has 2 fully saturated rings. The Kier molecular flexibility index (Phi) is 5.64. The molecular formula is C20H28ClN3O3S. The van der Waals surface area contributed by atoms with E-state index in [1.54, 1.807) is 6.07 Å². The molecule has 0 amide bonds. The molecule has 2 N–H and O–H groups in total. The molecule has 0 radical (unpaired) electrons. The van der Waals surface area contributed by atoms with Crippen molar-refractivity contribution in [3.63, 3.8) is 0 Å². The van der Waals surface area contributed by atoms with Crippen LogP contribution < -0.4 is 5.73 Å². The fraction of sp³-hybridized carbons (Fsp3) is 0.600. The van der Waals surface area contributed by atoms with Gasteiger partial charge in [0.05, 0.1) is 10.4 Å². The molecule has 2 aliphatic carbocycles. The van der Waals surface area contributed by atoms with Gasteiger partial charge in [0.25, 0.3) is 0 Å². The van der Waals surface area contributed by atoms with Crippen molar-refractivity contribution in [2.75, 3.05) is 0 Å².